The predicted molar refractivity (Wildman–Crippen MR) is 88.1 cm³/mol. The van der Waals surface area contributed by atoms with E-state index in [1.807, 2.05) is 30.3 Å². The van der Waals surface area contributed by atoms with E-state index in [0.29, 0.717) is 10.9 Å². The fourth-order valence-electron chi connectivity index (χ4n) is 2.32. The van der Waals surface area contributed by atoms with E-state index in [9.17, 15) is 9.59 Å². The molecule has 0 fully saturated rings. The van der Waals surface area contributed by atoms with Crippen molar-refractivity contribution in [2.75, 3.05) is 7.11 Å². The number of nitrogens with zero attached hydrogens (tertiary/aromatic N) is 2. The Morgan fingerprint density at radius 1 is 1.21 bits per heavy atom. The molecule has 2 aromatic heterocycles. The van der Waals surface area contributed by atoms with E-state index in [1.165, 1.54) is 19.4 Å². The number of fused-ring (bicyclic) bond motifs is 1. The van der Waals surface area contributed by atoms with Crippen LogP contribution >= 0.6 is 11.6 Å². The first-order valence-corrected chi connectivity index (χ1v) is 7.44. The minimum atomic E-state index is -0.696. The van der Waals surface area contributed by atoms with Crippen molar-refractivity contribution in [2.24, 2.45) is 0 Å². The fourth-order valence-corrected chi connectivity index (χ4v) is 2.48. The zero-order chi connectivity index (χ0) is 17.1. The number of benzene rings is 1. The van der Waals surface area contributed by atoms with Gasteiger partial charge in [0.1, 0.15) is 17.5 Å². The van der Waals surface area contributed by atoms with Crippen LogP contribution < -0.4 is 0 Å². The molecule has 0 spiro atoms. The number of ether oxygens (including phenoxy) is 2. The molecule has 0 aliphatic rings. The van der Waals surface area contributed by atoms with Gasteiger partial charge in [-0.25, -0.2) is 19.1 Å². The Hall–Kier alpha value is -2.86. The van der Waals surface area contributed by atoms with Gasteiger partial charge < -0.3 is 9.47 Å². The van der Waals surface area contributed by atoms with E-state index in [4.69, 9.17) is 21.1 Å². The predicted octanol–water partition coefficient (Wildman–Crippen LogP) is 3.66. The van der Waals surface area contributed by atoms with E-state index < -0.39 is 12.1 Å². The summed E-state index contributed by atoms with van der Waals surface area (Å²) >= 11 is 5.86. The zero-order valence-electron chi connectivity index (χ0n) is 12.7. The quantitative estimate of drug-likeness (QED) is 0.535. The van der Waals surface area contributed by atoms with Gasteiger partial charge in [0.05, 0.1) is 18.8 Å². The van der Waals surface area contributed by atoms with Crippen molar-refractivity contribution in [3.63, 3.8) is 0 Å². The summed E-state index contributed by atoms with van der Waals surface area (Å²) in [6, 6.07) is 12.3. The highest BCUT2D eigenvalue weighted by atomic mass is 35.5. The van der Waals surface area contributed by atoms with Gasteiger partial charge >= 0.3 is 12.1 Å². The van der Waals surface area contributed by atoms with Crippen molar-refractivity contribution < 1.29 is 19.1 Å². The molecule has 0 saturated carbocycles. The molecule has 3 aromatic rings. The first-order chi connectivity index (χ1) is 11.6. The minimum absolute atomic E-state index is 0.0506. The van der Waals surface area contributed by atoms with E-state index in [0.717, 1.165) is 10.1 Å². The average molecular weight is 345 g/mol. The Labute approximate surface area is 142 Å². The summed E-state index contributed by atoms with van der Waals surface area (Å²) in [7, 11) is 1.24. The summed E-state index contributed by atoms with van der Waals surface area (Å²) in [6.45, 7) is 0.0843. The molecular weight excluding hydrogens is 332 g/mol. The Bertz CT molecular complexity index is 906. The lowest BCUT2D eigenvalue weighted by Gasteiger charge is -2.09. The lowest BCUT2D eigenvalue weighted by atomic mass is 10.2. The van der Waals surface area contributed by atoms with Crippen molar-refractivity contribution in [1.29, 1.82) is 0 Å². The van der Waals surface area contributed by atoms with Gasteiger partial charge in [0.2, 0.25) is 0 Å². The summed E-state index contributed by atoms with van der Waals surface area (Å²) in [5.41, 5.74) is 1.30. The molecule has 1 aromatic carbocycles. The van der Waals surface area contributed by atoms with Crippen LogP contribution in [0, 0.1) is 0 Å². The number of carbonyl (C=O) groups excluding carboxylic acids is 2. The van der Waals surface area contributed by atoms with Crippen molar-refractivity contribution in [2.45, 2.75) is 6.61 Å². The van der Waals surface area contributed by atoms with Crippen LogP contribution in [0.2, 0.25) is 5.15 Å². The number of carbonyl (C=O) groups is 2. The number of pyridine rings is 1. The lowest BCUT2D eigenvalue weighted by molar-refractivity contribution is 0.0585. The first kappa shape index (κ1) is 16.0. The molecule has 0 atom stereocenters. The Morgan fingerprint density at radius 2 is 1.96 bits per heavy atom. The molecule has 0 unspecified atom stereocenters. The van der Waals surface area contributed by atoms with Crippen LogP contribution in [-0.2, 0) is 16.1 Å². The molecule has 24 heavy (non-hydrogen) atoms. The number of hydrogen-bond acceptors (Lipinski definition) is 5. The maximum absolute atomic E-state index is 12.5. The summed E-state index contributed by atoms with van der Waals surface area (Å²) in [5, 5.41) is 0.848. The molecule has 122 valence electrons. The normalized spacial score (nSPS) is 10.6. The van der Waals surface area contributed by atoms with Gasteiger partial charge in [0.25, 0.3) is 0 Å². The van der Waals surface area contributed by atoms with Crippen LogP contribution in [0.4, 0.5) is 4.79 Å². The van der Waals surface area contributed by atoms with Gasteiger partial charge in [0, 0.05) is 5.39 Å². The molecule has 0 amide bonds. The number of aromatic nitrogens is 2. The van der Waals surface area contributed by atoms with E-state index in [-0.39, 0.29) is 17.5 Å². The summed E-state index contributed by atoms with van der Waals surface area (Å²) in [4.78, 5) is 28.4. The molecule has 0 radical (unpaired) electrons. The maximum Gasteiger partial charge on any atom is 0.419 e. The molecule has 0 aliphatic heterocycles. The number of esters is 1. The van der Waals surface area contributed by atoms with Crippen molar-refractivity contribution in [3.8, 4) is 0 Å². The maximum atomic E-state index is 12.5. The van der Waals surface area contributed by atoms with E-state index in [2.05, 4.69) is 4.98 Å². The van der Waals surface area contributed by atoms with Crippen LogP contribution in [0.15, 0.2) is 48.7 Å². The molecule has 3 rings (SSSR count). The van der Waals surface area contributed by atoms with Crippen LogP contribution in [-0.4, -0.2) is 28.7 Å². The Balaban J connectivity index is 1.96. The largest absolute Gasteiger partial charge is 0.464 e. The van der Waals surface area contributed by atoms with Gasteiger partial charge in [-0.2, -0.15) is 0 Å². The van der Waals surface area contributed by atoms with Crippen molar-refractivity contribution in [1.82, 2.24) is 9.55 Å². The molecule has 2 heterocycles. The Kier molecular flexibility index (Phi) is 4.48. The third kappa shape index (κ3) is 3.09. The molecule has 7 heteroatoms. The summed E-state index contributed by atoms with van der Waals surface area (Å²) in [5.74, 6) is -0.654. The smallest absolute Gasteiger partial charge is 0.419 e. The van der Waals surface area contributed by atoms with Gasteiger partial charge in [-0.3, -0.25) is 0 Å². The third-order valence-electron chi connectivity index (χ3n) is 3.44. The van der Waals surface area contributed by atoms with Gasteiger partial charge in [-0.1, -0.05) is 41.9 Å². The van der Waals surface area contributed by atoms with E-state index >= 15 is 0 Å². The highest BCUT2D eigenvalue weighted by Gasteiger charge is 2.22. The second-order valence-electron chi connectivity index (χ2n) is 4.96. The second kappa shape index (κ2) is 6.72. The van der Waals surface area contributed by atoms with Gasteiger partial charge in [-0.05, 0) is 17.7 Å². The highest BCUT2D eigenvalue weighted by Crippen LogP contribution is 2.23. The standard InChI is InChI=1S/C17H13ClN2O4/c1-23-16(21)13-7-12-8-15(18)19-9-14(12)20(13)17(22)24-10-11-5-3-2-4-6-11/h2-9H,10H2,1H3. The monoisotopic (exact) mass is 344 g/mol. The van der Waals surface area contributed by atoms with E-state index in [1.54, 1.807) is 6.07 Å². The number of halogens is 1. The topological polar surface area (TPSA) is 70.4 Å². The van der Waals surface area contributed by atoms with Crippen LogP contribution in [0.25, 0.3) is 10.9 Å². The zero-order valence-corrected chi connectivity index (χ0v) is 13.5. The number of hydrogen-bond donors (Lipinski definition) is 0. The van der Waals surface area contributed by atoms with Crippen molar-refractivity contribution >= 4 is 34.6 Å². The fraction of sp³-hybridized carbons (Fsp3) is 0.118. The molecule has 0 N–H and O–H groups in total. The molecule has 0 saturated heterocycles. The third-order valence-corrected chi connectivity index (χ3v) is 3.64. The molecule has 0 aliphatic carbocycles. The second-order valence-corrected chi connectivity index (χ2v) is 5.35. The average Bonchev–Trinajstić information content (AvgIpc) is 2.98. The summed E-state index contributed by atoms with van der Waals surface area (Å²) < 4.78 is 11.2. The van der Waals surface area contributed by atoms with Crippen LogP contribution in [0.3, 0.4) is 0 Å². The van der Waals surface area contributed by atoms with Crippen LogP contribution in [0.1, 0.15) is 16.1 Å². The lowest BCUT2D eigenvalue weighted by Crippen LogP contribution is -2.19. The Morgan fingerprint density at radius 3 is 2.67 bits per heavy atom. The number of rotatable bonds is 3. The SMILES string of the molecule is COC(=O)c1cc2cc(Cl)ncc2n1C(=O)OCc1ccccc1. The molecule has 6 nitrogen and oxygen atoms in total. The van der Waals surface area contributed by atoms with Crippen LogP contribution in [0.5, 0.6) is 0 Å². The van der Waals surface area contributed by atoms with Gasteiger partial charge in [-0.15, -0.1) is 0 Å². The summed E-state index contributed by atoms with van der Waals surface area (Å²) in [6.07, 6.45) is 0.715. The number of methoxy groups -OCH3 is 1. The highest BCUT2D eigenvalue weighted by molar-refractivity contribution is 6.30. The minimum Gasteiger partial charge on any atom is -0.464 e. The molecular formula is C17H13ClN2O4. The van der Waals surface area contributed by atoms with Gasteiger partial charge in [0.15, 0.2) is 0 Å². The first-order valence-electron chi connectivity index (χ1n) is 7.06. The van der Waals surface area contributed by atoms with Crippen molar-refractivity contribution in [3.05, 3.63) is 65.1 Å². The molecule has 0 bridgehead atoms.